The number of rotatable bonds is 4. The minimum Gasteiger partial charge on any atom is -0.478 e. The van der Waals surface area contributed by atoms with Crippen LogP contribution in [0.3, 0.4) is 0 Å². The Kier molecular flexibility index (Phi) is 4.62. The number of aryl methyl sites for hydroxylation is 1. The van der Waals surface area contributed by atoms with Gasteiger partial charge in [-0.3, -0.25) is 4.79 Å². The largest absolute Gasteiger partial charge is 0.478 e. The van der Waals surface area contributed by atoms with E-state index >= 15 is 0 Å². The molecule has 1 aliphatic rings. The number of carbonyl (C=O) groups excluding carboxylic acids is 1. The van der Waals surface area contributed by atoms with Crippen molar-refractivity contribution in [2.24, 2.45) is 0 Å². The summed E-state index contributed by atoms with van der Waals surface area (Å²) < 4.78 is 5.74. The topological polar surface area (TPSA) is 75.6 Å². The van der Waals surface area contributed by atoms with Crippen LogP contribution in [-0.4, -0.2) is 23.6 Å². The van der Waals surface area contributed by atoms with Gasteiger partial charge in [-0.05, 0) is 42.2 Å². The Morgan fingerprint density at radius 3 is 2.83 bits per heavy atom. The van der Waals surface area contributed by atoms with E-state index in [2.05, 4.69) is 11.4 Å². The summed E-state index contributed by atoms with van der Waals surface area (Å²) >= 11 is 0. The minimum atomic E-state index is -1.01. The number of carbonyl (C=O) groups is 2. The van der Waals surface area contributed by atoms with Gasteiger partial charge in [0.15, 0.2) is 0 Å². The standard InChI is InChI=1S/C19H19NO4/c1-12-6-7-14(10-16(12)19(22)23)20-18(21)11-17-15-5-3-2-4-13(15)8-9-24-17/h2-7,10,17H,8-9,11H2,1H3,(H,20,21)(H,22,23). The first-order valence-corrected chi connectivity index (χ1v) is 7.88. The molecule has 0 saturated carbocycles. The van der Waals surface area contributed by atoms with Crippen LogP contribution in [-0.2, 0) is 16.0 Å². The van der Waals surface area contributed by atoms with Gasteiger partial charge in [0.1, 0.15) is 0 Å². The Balaban J connectivity index is 1.71. The van der Waals surface area contributed by atoms with E-state index in [9.17, 15) is 9.59 Å². The summed E-state index contributed by atoms with van der Waals surface area (Å²) in [6, 6.07) is 12.8. The van der Waals surface area contributed by atoms with Gasteiger partial charge in [-0.25, -0.2) is 4.79 Å². The van der Waals surface area contributed by atoms with Crippen LogP contribution in [0.4, 0.5) is 5.69 Å². The van der Waals surface area contributed by atoms with Gasteiger partial charge >= 0.3 is 5.97 Å². The summed E-state index contributed by atoms with van der Waals surface area (Å²) in [6.45, 7) is 2.32. The highest BCUT2D eigenvalue weighted by Crippen LogP contribution is 2.29. The van der Waals surface area contributed by atoms with Gasteiger partial charge in [0, 0.05) is 5.69 Å². The number of aromatic carboxylic acids is 1. The molecule has 1 amide bonds. The molecule has 5 heteroatoms. The summed E-state index contributed by atoms with van der Waals surface area (Å²) in [7, 11) is 0. The minimum absolute atomic E-state index is 0.187. The number of ether oxygens (including phenoxy) is 1. The smallest absolute Gasteiger partial charge is 0.336 e. The molecule has 124 valence electrons. The van der Waals surface area contributed by atoms with Gasteiger partial charge in [-0.15, -0.1) is 0 Å². The number of hydrogen-bond donors (Lipinski definition) is 2. The molecule has 1 aliphatic heterocycles. The molecule has 0 bridgehead atoms. The van der Waals surface area contributed by atoms with Crippen molar-refractivity contribution < 1.29 is 19.4 Å². The lowest BCUT2D eigenvalue weighted by atomic mass is 9.95. The molecular weight excluding hydrogens is 306 g/mol. The molecule has 0 spiro atoms. The van der Waals surface area contributed by atoms with Crippen molar-refractivity contribution >= 4 is 17.6 Å². The van der Waals surface area contributed by atoms with Crippen LogP contribution in [0.25, 0.3) is 0 Å². The molecule has 2 aromatic rings. The number of carboxylic acid groups (broad SMARTS) is 1. The maximum atomic E-state index is 12.3. The Morgan fingerprint density at radius 1 is 1.25 bits per heavy atom. The zero-order valence-electron chi connectivity index (χ0n) is 13.4. The van der Waals surface area contributed by atoms with Crippen molar-refractivity contribution in [3.63, 3.8) is 0 Å². The van der Waals surface area contributed by atoms with Crippen molar-refractivity contribution in [2.75, 3.05) is 11.9 Å². The fourth-order valence-corrected chi connectivity index (χ4v) is 2.96. The van der Waals surface area contributed by atoms with Crippen LogP contribution in [0.1, 0.15) is 39.6 Å². The van der Waals surface area contributed by atoms with E-state index in [4.69, 9.17) is 9.84 Å². The fourth-order valence-electron chi connectivity index (χ4n) is 2.96. The third-order valence-corrected chi connectivity index (χ3v) is 4.21. The van der Waals surface area contributed by atoms with Gasteiger partial charge in [0.2, 0.25) is 5.91 Å². The summed E-state index contributed by atoms with van der Waals surface area (Å²) in [4.78, 5) is 23.5. The van der Waals surface area contributed by atoms with E-state index in [1.165, 1.54) is 11.6 Å². The Hall–Kier alpha value is -2.66. The maximum Gasteiger partial charge on any atom is 0.336 e. The number of benzene rings is 2. The van der Waals surface area contributed by atoms with Gasteiger partial charge in [-0.2, -0.15) is 0 Å². The molecule has 3 rings (SSSR count). The molecule has 0 aromatic heterocycles. The van der Waals surface area contributed by atoms with Crippen molar-refractivity contribution in [2.45, 2.75) is 25.9 Å². The zero-order chi connectivity index (χ0) is 17.1. The molecule has 2 aromatic carbocycles. The van der Waals surface area contributed by atoms with Crippen molar-refractivity contribution in [1.82, 2.24) is 0 Å². The van der Waals surface area contributed by atoms with E-state index < -0.39 is 5.97 Å². The summed E-state index contributed by atoms with van der Waals surface area (Å²) in [6.07, 6.45) is 0.793. The number of hydrogen-bond acceptors (Lipinski definition) is 3. The molecule has 0 fully saturated rings. The van der Waals surface area contributed by atoms with Gasteiger partial charge in [0.25, 0.3) is 0 Å². The lowest BCUT2D eigenvalue weighted by Crippen LogP contribution is -2.22. The molecule has 0 saturated heterocycles. The molecule has 5 nitrogen and oxygen atoms in total. The molecule has 2 N–H and O–H groups in total. The van der Waals surface area contributed by atoms with Crippen molar-refractivity contribution in [3.8, 4) is 0 Å². The predicted octanol–water partition coefficient (Wildman–Crippen LogP) is 3.34. The van der Waals surface area contributed by atoms with Crippen LogP contribution in [0.2, 0.25) is 0 Å². The molecule has 0 aliphatic carbocycles. The van der Waals surface area contributed by atoms with E-state index in [-0.39, 0.29) is 24.0 Å². The van der Waals surface area contributed by atoms with Crippen molar-refractivity contribution in [3.05, 3.63) is 64.7 Å². The second kappa shape index (κ2) is 6.84. The van der Waals surface area contributed by atoms with Crippen LogP contribution in [0.5, 0.6) is 0 Å². The Bertz CT molecular complexity index is 785. The lowest BCUT2D eigenvalue weighted by Gasteiger charge is -2.25. The average Bonchev–Trinajstić information content (AvgIpc) is 2.56. The van der Waals surface area contributed by atoms with Gasteiger partial charge < -0.3 is 15.2 Å². The first kappa shape index (κ1) is 16.2. The molecule has 1 atom stereocenters. The quantitative estimate of drug-likeness (QED) is 0.904. The number of amides is 1. The predicted molar refractivity (Wildman–Crippen MR) is 90.2 cm³/mol. The highest BCUT2D eigenvalue weighted by molar-refractivity contribution is 5.95. The number of carboxylic acids is 1. The monoisotopic (exact) mass is 325 g/mol. The van der Waals surface area contributed by atoms with Crippen LogP contribution in [0.15, 0.2) is 42.5 Å². The summed E-state index contributed by atoms with van der Waals surface area (Å²) in [5.74, 6) is -1.20. The average molecular weight is 325 g/mol. The summed E-state index contributed by atoms with van der Waals surface area (Å²) in [5, 5.41) is 11.9. The van der Waals surface area contributed by atoms with Crippen LogP contribution >= 0.6 is 0 Å². The zero-order valence-corrected chi connectivity index (χ0v) is 13.4. The fraction of sp³-hybridized carbons (Fsp3) is 0.263. The Labute approximate surface area is 140 Å². The van der Waals surface area contributed by atoms with E-state index in [0.717, 1.165) is 12.0 Å². The number of fused-ring (bicyclic) bond motifs is 1. The van der Waals surface area contributed by atoms with Gasteiger partial charge in [0.05, 0.1) is 24.7 Å². The van der Waals surface area contributed by atoms with E-state index in [0.29, 0.717) is 17.9 Å². The molecule has 24 heavy (non-hydrogen) atoms. The lowest BCUT2D eigenvalue weighted by molar-refractivity contribution is -0.119. The highest BCUT2D eigenvalue weighted by atomic mass is 16.5. The first-order valence-electron chi connectivity index (χ1n) is 7.88. The normalized spacial score (nSPS) is 16.3. The van der Waals surface area contributed by atoms with Crippen LogP contribution < -0.4 is 5.32 Å². The molecule has 0 radical (unpaired) electrons. The molecule has 1 heterocycles. The second-order valence-corrected chi connectivity index (χ2v) is 5.90. The highest BCUT2D eigenvalue weighted by Gasteiger charge is 2.23. The SMILES string of the molecule is Cc1ccc(NC(=O)CC2OCCc3ccccc32)cc1C(=O)O. The third kappa shape index (κ3) is 3.46. The second-order valence-electron chi connectivity index (χ2n) is 5.90. The van der Waals surface area contributed by atoms with Gasteiger partial charge in [-0.1, -0.05) is 30.3 Å². The van der Waals surface area contributed by atoms with Crippen LogP contribution in [0, 0.1) is 6.92 Å². The Morgan fingerprint density at radius 2 is 2.04 bits per heavy atom. The first-order chi connectivity index (χ1) is 11.5. The number of nitrogens with one attached hydrogen (secondary N) is 1. The van der Waals surface area contributed by atoms with E-state index in [1.807, 2.05) is 18.2 Å². The number of anilines is 1. The maximum absolute atomic E-state index is 12.3. The molecular formula is C19H19NO4. The summed E-state index contributed by atoms with van der Waals surface area (Å²) in [5.41, 5.74) is 3.59. The van der Waals surface area contributed by atoms with E-state index in [1.54, 1.807) is 19.1 Å². The molecule has 1 unspecified atom stereocenters. The van der Waals surface area contributed by atoms with Crippen molar-refractivity contribution in [1.29, 1.82) is 0 Å². The third-order valence-electron chi connectivity index (χ3n) is 4.21.